The minimum Gasteiger partial charge on any atom is -0.462 e. The van der Waals surface area contributed by atoms with Crippen LogP contribution in [0.3, 0.4) is 0 Å². The third-order valence-electron chi connectivity index (χ3n) is 15.9. The predicted molar refractivity (Wildman–Crippen MR) is 362 cm³/mol. The van der Waals surface area contributed by atoms with Crippen LogP contribution in [0.1, 0.15) is 361 Å². The number of esters is 2. The van der Waals surface area contributed by atoms with Crippen LogP contribution < -0.4 is 0 Å². The molecule has 0 spiro atoms. The predicted octanol–water partition coefficient (Wildman–Crippen LogP) is 25.0. The van der Waals surface area contributed by atoms with E-state index in [1.807, 2.05) is 0 Å². The number of ether oxygens (including phenoxy) is 2. The van der Waals surface area contributed by atoms with Crippen molar-refractivity contribution >= 4 is 11.9 Å². The molecule has 0 bridgehead atoms. The van der Waals surface area contributed by atoms with Gasteiger partial charge in [-0.3, -0.25) is 9.59 Å². The van der Waals surface area contributed by atoms with Gasteiger partial charge in [0.1, 0.15) is 6.61 Å². The molecule has 0 rings (SSSR count). The molecular formula is C77H136O5. The Morgan fingerprint density at radius 1 is 0.293 bits per heavy atom. The Morgan fingerprint density at radius 3 is 0.805 bits per heavy atom. The van der Waals surface area contributed by atoms with E-state index in [0.29, 0.717) is 12.8 Å². The van der Waals surface area contributed by atoms with Crippen molar-refractivity contribution in [3.05, 3.63) is 97.2 Å². The molecule has 0 amide bonds. The number of allylic oxidation sites excluding steroid dienone is 16. The van der Waals surface area contributed by atoms with Crippen LogP contribution in [0.15, 0.2) is 97.2 Å². The van der Waals surface area contributed by atoms with Crippen LogP contribution in [0.25, 0.3) is 0 Å². The number of rotatable bonds is 66. The molecule has 1 unspecified atom stereocenters. The molecule has 0 fully saturated rings. The summed E-state index contributed by atoms with van der Waals surface area (Å²) in [6.07, 6.45) is 103. The summed E-state index contributed by atoms with van der Waals surface area (Å²) in [5.41, 5.74) is 0. The average Bonchev–Trinajstić information content (AvgIpc) is 3.49. The minimum absolute atomic E-state index is 0.0757. The summed E-state index contributed by atoms with van der Waals surface area (Å²) in [4.78, 5) is 24.6. The zero-order valence-corrected chi connectivity index (χ0v) is 54.5. The Hall–Kier alpha value is -3.18. The van der Waals surface area contributed by atoms with Crippen molar-refractivity contribution < 1.29 is 24.2 Å². The van der Waals surface area contributed by atoms with E-state index in [1.54, 1.807) is 0 Å². The SMILES string of the molecule is CC/C=C\C/C=C\C/C=C\C/C=C\C/C=C\C/C=C\C/C=C\CCCCCCCC(=O)OC(CO)COC(=O)CCCCCCCCCCCCCCCCCCCCCCCCCCCCCCC/C=C\CCCCCCCCCC. The lowest BCUT2D eigenvalue weighted by Crippen LogP contribution is -2.28. The fourth-order valence-electron chi connectivity index (χ4n) is 10.5. The molecule has 1 N–H and O–H groups in total. The third kappa shape index (κ3) is 69.3. The Bertz CT molecular complexity index is 1530. The molecule has 0 aliphatic carbocycles. The molecule has 0 aliphatic heterocycles. The van der Waals surface area contributed by atoms with Gasteiger partial charge >= 0.3 is 11.9 Å². The molecule has 5 heteroatoms. The smallest absolute Gasteiger partial charge is 0.306 e. The Kier molecular flexibility index (Phi) is 69.3. The highest BCUT2D eigenvalue weighted by atomic mass is 16.6. The molecule has 82 heavy (non-hydrogen) atoms. The summed E-state index contributed by atoms with van der Waals surface area (Å²) >= 11 is 0. The van der Waals surface area contributed by atoms with Gasteiger partial charge in [0.15, 0.2) is 6.10 Å². The third-order valence-corrected chi connectivity index (χ3v) is 15.9. The van der Waals surface area contributed by atoms with E-state index in [0.717, 1.165) is 103 Å². The summed E-state index contributed by atoms with van der Waals surface area (Å²) in [7, 11) is 0. The molecule has 5 nitrogen and oxygen atoms in total. The molecule has 0 saturated heterocycles. The van der Waals surface area contributed by atoms with E-state index in [4.69, 9.17) is 9.47 Å². The van der Waals surface area contributed by atoms with Gasteiger partial charge in [0.25, 0.3) is 0 Å². The average molecular weight is 1140 g/mol. The quantitative estimate of drug-likeness (QED) is 0.0373. The van der Waals surface area contributed by atoms with Crippen molar-refractivity contribution in [3.8, 4) is 0 Å². The summed E-state index contributed by atoms with van der Waals surface area (Å²) in [6, 6.07) is 0. The van der Waals surface area contributed by atoms with Gasteiger partial charge in [0.05, 0.1) is 6.61 Å². The van der Waals surface area contributed by atoms with Gasteiger partial charge in [0, 0.05) is 12.8 Å². The van der Waals surface area contributed by atoms with Crippen LogP contribution in [0.2, 0.25) is 0 Å². The first-order valence-corrected chi connectivity index (χ1v) is 35.8. The molecule has 474 valence electrons. The van der Waals surface area contributed by atoms with Gasteiger partial charge in [-0.2, -0.15) is 0 Å². The van der Waals surface area contributed by atoms with Gasteiger partial charge < -0.3 is 14.6 Å². The molecule has 0 aromatic heterocycles. The Morgan fingerprint density at radius 2 is 0.524 bits per heavy atom. The first-order valence-electron chi connectivity index (χ1n) is 35.8. The maximum Gasteiger partial charge on any atom is 0.306 e. The summed E-state index contributed by atoms with van der Waals surface area (Å²) in [6.45, 7) is 4.04. The Balaban J connectivity index is 3.44. The van der Waals surface area contributed by atoms with Gasteiger partial charge in [-0.05, 0) is 96.3 Å². The lowest BCUT2D eigenvalue weighted by atomic mass is 10.0. The van der Waals surface area contributed by atoms with E-state index < -0.39 is 6.10 Å². The van der Waals surface area contributed by atoms with Crippen LogP contribution in [0.4, 0.5) is 0 Å². The van der Waals surface area contributed by atoms with Crippen molar-refractivity contribution in [3.63, 3.8) is 0 Å². The van der Waals surface area contributed by atoms with Gasteiger partial charge in [-0.25, -0.2) is 0 Å². The number of aliphatic hydroxyl groups is 1. The number of aliphatic hydroxyl groups excluding tert-OH is 1. The molecule has 0 aromatic rings. The minimum atomic E-state index is -0.789. The van der Waals surface area contributed by atoms with E-state index in [-0.39, 0.29) is 25.2 Å². The molecule has 0 heterocycles. The highest BCUT2D eigenvalue weighted by Gasteiger charge is 2.16. The second kappa shape index (κ2) is 72.1. The monoisotopic (exact) mass is 1140 g/mol. The lowest BCUT2D eigenvalue weighted by molar-refractivity contribution is -0.161. The van der Waals surface area contributed by atoms with Crippen molar-refractivity contribution in [1.29, 1.82) is 0 Å². The van der Waals surface area contributed by atoms with Crippen molar-refractivity contribution in [2.24, 2.45) is 0 Å². The molecular weight excluding hydrogens is 1000 g/mol. The number of carbonyl (C=O) groups excluding carboxylic acids is 2. The first kappa shape index (κ1) is 78.8. The molecule has 0 aromatic carbocycles. The first-order chi connectivity index (χ1) is 40.6. The zero-order chi connectivity index (χ0) is 59.1. The fraction of sp³-hybridized carbons (Fsp3) is 0.766. The molecule has 0 saturated carbocycles. The topological polar surface area (TPSA) is 72.8 Å². The normalized spacial score (nSPS) is 12.8. The van der Waals surface area contributed by atoms with Gasteiger partial charge in [-0.15, -0.1) is 0 Å². The van der Waals surface area contributed by atoms with Crippen LogP contribution in [-0.2, 0) is 19.1 Å². The van der Waals surface area contributed by atoms with Crippen LogP contribution >= 0.6 is 0 Å². The lowest BCUT2D eigenvalue weighted by Gasteiger charge is -2.15. The second-order valence-electron chi connectivity index (χ2n) is 23.9. The fourth-order valence-corrected chi connectivity index (χ4v) is 10.5. The molecule has 0 aliphatic rings. The second-order valence-corrected chi connectivity index (χ2v) is 23.9. The van der Waals surface area contributed by atoms with Crippen molar-refractivity contribution in [2.75, 3.05) is 13.2 Å². The van der Waals surface area contributed by atoms with Crippen molar-refractivity contribution in [1.82, 2.24) is 0 Å². The standard InChI is InChI=1S/C77H136O5/c1-3-5-7-9-11-13-15-17-19-21-23-25-27-29-31-32-33-34-35-36-37-38-39-40-41-42-43-44-46-47-49-51-53-55-57-59-61-63-65-67-69-71-76(79)81-74-75(73-78)82-77(80)72-70-68-66-64-62-60-58-56-54-52-50-48-45-30-28-26-24-22-20-18-16-14-12-10-8-6-4-2/h6,8,12,14,18,20-21,23-24,26,30,45,50,52,56,58,75,78H,3-5,7,9-11,13,15-17,19,22,25,27-29,31-44,46-49,51,53-55,57,59-74H2,1-2H3/b8-6-,14-12-,20-18-,23-21-,26-24-,45-30-,52-50-,58-56-. The highest BCUT2D eigenvalue weighted by molar-refractivity contribution is 5.70. The number of hydrogen-bond acceptors (Lipinski definition) is 5. The summed E-state index contributed by atoms with van der Waals surface area (Å²) in [5.74, 6) is -0.604. The Labute approximate surface area is 510 Å². The number of unbranched alkanes of at least 4 members (excludes halogenated alkanes) is 42. The van der Waals surface area contributed by atoms with Crippen LogP contribution in [0.5, 0.6) is 0 Å². The van der Waals surface area contributed by atoms with E-state index in [1.165, 1.54) is 231 Å². The number of carbonyl (C=O) groups is 2. The van der Waals surface area contributed by atoms with E-state index >= 15 is 0 Å². The van der Waals surface area contributed by atoms with E-state index in [9.17, 15) is 14.7 Å². The molecule has 1 atom stereocenters. The van der Waals surface area contributed by atoms with Crippen molar-refractivity contribution in [2.45, 2.75) is 367 Å². The number of hydrogen-bond donors (Lipinski definition) is 1. The maximum atomic E-state index is 12.3. The zero-order valence-electron chi connectivity index (χ0n) is 54.5. The summed E-state index contributed by atoms with van der Waals surface area (Å²) < 4.78 is 10.7. The highest BCUT2D eigenvalue weighted by Crippen LogP contribution is 2.18. The molecule has 0 radical (unpaired) electrons. The van der Waals surface area contributed by atoms with Gasteiger partial charge in [0.2, 0.25) is 0 Å². The van der Waals surface area contributed by atoms with Gasteiger partial charge in [-0.1, -0.05) is 349 Å². The maximum absolute atomic E-state index is 12.3. The summed E-state index contributed by atoms with van der Waals surface area (Å²) in [5, 5.41) is 9.69. The van der Waals surface area contributed by atoms with E-state index in [2.05, 4.69) is 111 Å². The van der Waals surface area contributed by atoms with Crippen LogP contribution in [0, 0.1) is 0 Å². The van der Waals surface area contributed by atoms with Crippen LogP contribution in [-0.4, -0.2) is 36.4 Å². The largest absolute Gasteiger partial charge is 0.462 e.